The minimum Gasteiger partial charge on any atom is -0.0845 e. The van der Waals surface area contributed by atoms with Crippen LogP contribution in [-0.2, 0) is 0 Å². The summed E-state index contributed by atoms with van der Waals surface area (Å²) >= 11 is 0. The summed E-state index contributed by atoms with van der Waals surface area (Å²) in [5, 5.41) is 0. The Morgan fingerprint density at radius 1 is 1.14 bits per heavy atom. The summed E-state index contributed by atoms with van der Waals surface area (Å²) in [6.45, 7) is 7.54. The van der Waals surface area contributed by atoms with Crippen LogP contribution >= 0.6 is 0 Å². The van der Waals surface area contributed by atoms with Crippen LogP contribution in [0.4, 0.5) is 0 Å². The highest BCUT2D eigenvalue weighted by Gasteiger charge is 2.84. The predicted molar refractivity (Wildman–Crippen MR) is 57.8 cm³/mol. The van der Waals surface area contributed by atoms with E-state index in [-0.39, 0.29) is 0 Å². The summed E-state index contributed by atoms with van der Waals surface area (Å²) in [6.07, 6.45) is 9.60. The Balaban J connectivity index is 1.85. The molecule has 0 aliphatic heterocycles. The van der Waals surface area contributed by atoms with Crippen molar-refractivity contribution >= 4 is 0 Å². The molecular formula is C14H20. The molecule has 4 aliphatic rings. The van der Waals surface area contributed by atoms with E-state index in [0.717, 1.165) is 23.2 Å². The molecule has 1 spiro atoms. The van der Waals surface area contributed by atoms with E-state index in [2.05, 4.69) is 32.9 Å². The zero-order chi connectivity index (χ0) is 9.77. The van der Waals surface area contributed by atoms with Crippen molar-refractivity contribution in [3.8, 4) is 0 Å². The van der Waals surface area contributed by atoms with Crippen molar-refractivity contribution < 1.29 is 0 Å². The molecule has 4 rings (SSSR count). The maximum absolute atomic E-state index is 2.57. The molecule has 3 fully saturated rings. The molecule has 0 nitrogen and oxygen atoms in total. The van der Waals surface area contributed by atoms with Crippen molar-refractivity contribution in [2.45, 2.75) is 40.0 Å². The van der Waals surface area contributed by atoms with Crippen LogP contribution in [0.25, 0.3) is 0 Å². The summed E-state index contributed by atoms with van der Waals surface area (Å²) in [5.41, 5.74) is 2.12. The molecule has 0 aromatic carbocycles. The summed E-state index contributed by atoms with van der Waals surface area (Å²) in [5.74, 6) is 2.99. The van der Waals surface area contributed by atoms with Gasteiger partial charge in [-0.05, 0) is 53.3 Å². The van der Waals surface area contributed by atoms with Gasteiger partial charge in [-0.15, -0.1) is 0 Å². The second-order valence-corrected chi connectivity index (χ2v) is 7.27. The van der Waals surface area contributed by atoms with Crippen LogP contribution in [0, 0.1) is 34.0 Å². The lowest BCUT2D eigenvalue weighted by Crippen LogP contribution is -2.13. The first kappa shape index (κ1) is 7.96. The molecule has 0 radical (unpaired) electrons. The summed E-state index contributed by atoms with van der Waals surface area (Å²) in [6, 6.07) is 0. The molecule has 0 heterocycles. The van der Waals surface area contributed by atoms with Gasteiger partial charge in [-0.25, -0.2) is 0 Å². The second kappa shape index (κ2) is 1.74. The van der Waals surface area contributed by atoms with Gasteiger partial charge in [0.2, 0.25) is 0 Å². The Kier molecular flexibility index (Phi) is 0.991. The largest absolute Gasteiger partial charge is 0.0845 e. The molecule has 0 aromatic rings. The molecule has 0 N–H and O–H groups in total. The molecule has 3 saturated carbocycles. The number of allylic oxidation sites excluding steroid dienone is 2. The Morgan fingerprint density at radius 2 is 1.93 bits per heavy atom. The van der Waals surface area contributed by atoms with Crippen LogP contribution in [0.15, 0.2) is 12.2 Å². The van der Waals surface area contributed by atoms with Crippen molar-refractivity contribution in [3.63, 3.8) is 0 Å². The molecule has 5 atom stereocenters. The van der Waals surface area contributed by atoms with E-state index in [4.69, 9.17) is 0 Å². The third kappa shape index (κ3) is 0.526. The fraction of sp³-hybridized carbons (Fsp3) is 0.857. The van der Waals surface area contributed by atoms with Crippen LogP contribution in [0.1, 0.15) is 40.0 Å². The first-order valence-corrected chi connectivity index (χ1v) is 6.19. The van der Waals surface area contributed by atoms with E-state index >= 15 is 0 Å². The van der Waals surface area contributed by atoms with E-state index in [1.165, 1.54) is 19.3 Å². The van der Waals surface area contributed by atoms with Gasteiger partial charge in [0.15, 0.2) is 0 Å². The van der Waals surface area contributed by atoms with Crippen molar-refractivity contribution in [2.24, 2.45) is 34.0 Å². The molecular weight excluding hydrogens is 168 g/mol. The van der Waals surface area contributed by atoms with Crippen molar-refractivity contribution in [2.75, 3.05) is 0 Å². The van der Waals surface area contributed by atoms with Gasteiger partial charge in [0.25, 0.3) is 0 Å². The van der Waals surface area contributed by atoms with Crippen LogP contribution in [0.2, 0.25) is 0 Å². The lowest BCUT2D eigenvalue weighted by atomic mass is 9.83. The second-order valence-electron chi connectivity index (χ2n) is 7.27. The van der Waals surface area contributed by atoms with Gasteiger partial charge in [-0.1, -0.05) is 32.9 Å². The van der Waals surface area contributed by atoms with Crippen molar-refractivity contribution in [1.82, 2.24) is 0 Å². The molecule has 0 amide bonds. The zero-order valence-corrected chi connectivity index (χ0v) is 9.51. The molecule has 3 unspecified atom stereocenters. The van der Waals surface area contributed by atoms with E-state index in [1.54, 1.807) is 0 Å². The third-order valence-corrected chi connectivity index (χ3v) is 6.26. The van der Waals surface area contributed by atoms with Crippen LogP contribution in [-0.4, -0.2) is 0 Å². The molecule has 0 aromatic heterocycles. The predicted octanol–water partition coefficient (Wildman–Crippen LogP) is 3.63. The van der Waals surface area contributed by atoms with Gasteiger partial charge in [0.05, 0.1) is 0 Å². The van der Waals surface area contributed by atoms with E-state index in [9.17, 15) is 0 Å². The molecule has 0 saturated heterocycles. The lowest BCUT2D eigenvalue weighted by Gasteiger charge is -2.21. The fourth-order valence-corrected chi connectivity index (χ4v) is 5.95. The van der Waals surface area contributed by atoms with Crippen LogP contribution in [0.3, 0.4) is 0 Å². The van der Waals surface area contributed by atoms with Gasteiger partial charge in [-0.3, -0.25) is 0 Å². The minimum absolute atomic E-state index is 0.636. The first-order chi connectivity index (χ1) is 6.51. The van der Waals surface area contributed by atoms with Gasteiger partial charge in [-0.2, -0.15) is 0 Å². The van der Waals surface area contributed by atoms with Gasteiger partial charge < -0.3 is 0 Å². The van der Waals surface area contributed by atoms with Crippen molar-refractivity contribution in [1.29, 1.82) is 0 Å². The lowest BCUT2D eigenvalue weighted by molar-refractivity contribution is 0.296. The van der Waals surface area contributed by atoms with Crippen molar-refractivity contribution in [3.05, 3.63) is 12.2 Å². The smallest absolute Gasteiger partial charge is 0.0103 e. The third-order valence-electron chi connectivity index (χ3n) is 6.26. The maximum Gasteiger partial charge on any atom is -0.0103 e. The Labute approximate surface area is 86.8 Å². The highest BCUT2D eigenvalue weighted by atomic mass is 14.9. The number of hydrogen-bond acceptors (Lipinski definition) is 0. The van der Waals surface area contributed by atoms with Crippen LogP contribution < -0.4 is 0 Å². The highest BCUT2D eigenvalue weighted by molar-refractivity contribution is 5.41. The molecule has 0 heteroatoms. The van der Waals surface area contributed by atoms with E-state index < -0.39 is 0 Å². The van der Waals surface area contributed by atoms with Gasteiger partial charge in [0, 0.05) is 0 Å². The zero-order valence-electron chi connectivity index (χ0n) is 9.51. The standard InChI is InChI=1S/C14H20/c1-12(2)7-10-6-9-4-5-11-13(9,3)14(10,11)8-12/h4-5,9-11H,6-8H2,1-3H3/t9?,10-,11?,13-,14?/m1/s1. The van der Waals surface area contributed by atoms with Gasteiger partial charge >= 0.3 is 0 Å². The monoisotopic (exact) mass is 188 g/mol. The first-order valence-electron chi connectivity index (χ1n) is 6.19. The Hall–Kier alpha value is -0.260. The van der Waals surface area contributed by atoms with Crippen LogP contribution in [0.5, 0.6) is 0 Å². The topological polar surface area (TPSA) is 0 Å². The molecule has 4 aliphatic carbocycles. The van der Waals surface area contributed by atoms with E-state index in [1.807, 2.05) is 0 Å². The Bertz CT molecular complexity index is 351. The summed E-state index contributed by atoms with van der Waals surface area (Å²) in [4.78, 5) is 0. The summed E-state index contributed by atoms with van der Waals surface area (Å²) < 4.78 is 0. The SMILES string of the molecule is CC1(C)C[C@H]2CC3C=CC4C2(C1)[C@]34C. The molecule has 0 bridgehead atoms. The normalized spacial score (nSPS) is 65.5. The van der Waals surface area contributed by atoms with E-state index in [0.29, 0.717) is 10.8 Å². The quantitative estimate of drug-likeness (QED) is 0.509. The van der Waals surface area contributed by atoms with Gasteiger partial charge in [0.1, 0.15) is 0 Å². The Morgan fingerprint density at radius 3 is 2.64 bits per heavy atom. The maximum atomic E-state index is 2.57. The average Bonchev–Trinajstić information content (AvgIpc) is 2.33. The summed E-state index contributed by atoms with van der Waals surface area (Å²) in [7, 11) is 0. The average molecular weight is 188 g/mol. The fourth-order valence-electron chi connectivity index (χ4n) is 5.95. The number of rotatable bonds is 0. The molecule has 76 valence electrons. The molecule has 14 heavy (non-hydrogen) atoms. The minimum atomic E-state index is 0.636. The highest BCUT2D eigenvalue weighted by Crippen LogP contribution is 2.90. The number of hydrogen-bond donors (Lipinski definition) is 0.